The lowest BCUT2D eigenvalue weighted by Crippen LogP contribution is -2.11. The number of nitrogens with one attached hydrogen (secondary N) is 1. The van der Waals surface area contributed by atoms with Crippen LogP contribution >= 0.6 is 11.6 Å². The molecule has 2 aromatic rings. The zero-order chi connectivity index (χ0) is 13.7. The maximum Gasteiger partial charge on any atom is 0.162 e. The molecule has 0 radical (unpaired) electrons. The van der Waals surface area contributed by atoms with Crippen molar-refractivity contribution in [2.75, 3.05) is 18.5 Å². The molecule has 0 amide bonds. The Kier molecular flexibility index (Phi) is 4.58. The van der Waals surface area contributed by atoms with E-state index in [0.29, 0.717) is 23.9 Å². The first-order valence-electron chi connectivity index (χ1n) is 5.72. The number of hydrogen-bond donors (Lipinski definition) is 1. The molecule has 0 aromatic heterocycles. The van der Waals surface area contributed by atoms with Gasteiger partial charge in [-0.1, -0.05) is 11.6 Å². The molecule has 0 saturated carbocycles. The van der Waals surface area contributed by atoms with Gasteiger partial charge < -0.3 is 10.1 Å². The van der Waals surface area contributed by atoms with E-state index in [0.717, 1.165) is 17.8 Å². The summed E-state index contributed by atoms with van der Waals surface area (Å²) >= 11 is 5.76. The van der Waals surface area contributed by atoms with E-state index in [1.54, 1.807) is 12.1 Å². The Morgan fingerprint density at radius 2 is 1.74 bits per heavy atom. The summed E-state index contributed by atoms with van der Waals surface area (Å²) in [5, 5.41) is 3.79. The molecule has 19 heavy (non-hydrogen) atoms. The fourth-order valence-corrected chi connectivity index (χ4v) is 1.62. The first-order valence-corrected chi connectivity index (χ1v) is 6.10. The van der Waals surface area contributed by atoms with Crippen LogP contribution in [0, 0.1) is 11.6 Å². The quantitative estimate of drug-likeness (QED) is 0.834. The minimum atomic E-state index is -0.914. The predicted molar refractivity (Wildman–Crippen MR) is 71.8 cm³/mol. The molecule has 0 spiro atoms. The highest BCUT2D eigenvalue weighted by molar-refractivity contribution is 6.30. The monoisotopic (exact) mass is 283 g/mol. The molecule has 5 heteroatoms. The molecular weight excluding hydrogens is 272 g/mol. The molecule has 0 aliphatic heterocycles. The lowest BCUT2D eigenvalue weighted by Gasteiger charge is -2.08. The summed E-state index contributed by atoms with van der Waals surface area (Å²) in [6.45, 7) is 0.883. The van der Waals surface area contributed by atoms with Crippen LogP contribution in [0.1, 0.15) is 0 Å². The van der Waals surface area contributed by atoms with Gasteiger partial charge in [0.2, 0.25) is 0 Å². The lowest BCUT2D eigenvalue weighted by atomic mass is 10.3. The van der Waals surface area contributed by atoms with Gasteiger partial charge in [0, 0.05) is 23.3 Å². The van der Waals surface area contributed by atoms with Gasteiger partial charge in [-0.05, 0) is 36.4 Å². The second kappa shape index (κ2) is 6.38. The molecule has 0 unspecified atom stereocenters. The van der Waals surface area contributed by atoms with E-state index in [1.807, 2.05) is 12.1 Å². The van der Waals surface area contributed by atoms with Gasteiger partial charge in [-0.15, -0.1) is 0 Å². The summed E-state index contributed by atoms with van der Waals surface area (Å²) in [4.78, 5) is 0. The molecular formula is C14H12ClF2NO. The summed E-state index contributed by atoms with van der Waals surface area (Å²) in [5.41, 5.74) is 0.915. The van der Waals surface area contributed by atoms with Gasteiger partial charge >= 0.3 is 0 Å². The van der Waals surface area contributed by atoms with Gasteiger partial charge in [0.25, 0.3) is 0 Å². The van der Waals surface area contributed by atoms with Crippen molar-refractivity contribution in [3.63, 3.8) is 0 Å². The average Bonchev–Trinajstić information content (AvgIpc) is 2.41. The Bertz CT molecular complexity index is 546. The summed E-state index contributed by atoms with van der Waals surface area (Å²) in [6, 6.07) is 10.7. The van der Waals surface area contributed by atoms with Gasteiger partial charge in [-0.3, -0.25) is 0 Å². The topological polar surface area (TPSA) is 21.3 Å². The highest BCUT2D eigenvalue weighted by atomic mass is 35.5. The first kappa shape index (κ1) is 13.6. The van der Waals surface area contributed by atoms with E-state index in [2.05, 4.69) is 5.32 Å². The molecule has 2 aromatic carbocycles. The van der Waals surface area contributed by atoms with E-state index >= 15 is 0 Å². The fraction of sp³-hybridized carbons (Fsp3) is 0.143. The summed E-state index contributed by atoms with van der Waals surface area (Å²) in [7, 11) is 0. The maximum absolute atomic E-state index is 12.9. The highest BCUT2D eigenvalue weighted by Gasteiger charge is 2.02. The molecule has 100 valence electrons. The van der Waals surface area contributed by atoms with Gasteiger partial charge in [0.1, 0.15) is 12.4 Å². The third-order valence-corrected chi connectivity index (χ3v) is 2.69. The van der Waals surface area contributed by atoms with Crippen molar-refractivity contribution >= 4 is 17.3 Å². The number of benzene rings is 2. The predicted octanol–water partition coefficient (Wildman–Crippen LogP) is 4.11. The van der Waals surface area contributed by atoms with Gasteiger partial charge in [0.15, 0.2) is 11.6 Å². The van der Waals surface area contributed by atoms with Gasteiger partial charge in [-0.25, -0.2) is 8.78 Å². The average molecular weight is 284 g/mol. The molecule has 0 bridgehead atoms. The molecule has 0 atom stereocenters. The van der Waals surface area contributed by atoms with E-state index in [9.17, 15) is 8.78 Å². The summed E-state index contributed by atoms with van der Waals surface area (Å²) < 4.78 is 30.9. The van der Waals surface area contributed by atoms with E-state index in [1.165, 1.54) is 6.07 Å². The van der Waals surface area contributed by atoms with Crippen LogP contribution in [0.5, 0.6) is 5.75 Å². The minimum Gasteiger partial charge on any atom is -0.492 e. The second-order valence-electron chi connectivity index (χ2n) is 3.86. The number of ether oxygens (including phenoxy) is 1. The molecule has 1 N–H and O–H groups in total. The minimum absolute atomic E-state index is 0.303. The number of anilines is 1. The maximum atomic E-state index is 12.9. The van der Waals surface area contributed by atoms with Crippen LogP contribution in [-0.4, -0.2) is 13.2 Å². The van der Waals surface area contributed by atoms with E-state index in [4.69, 9.17) is 16.3 Å². The molecule has 2 nitrogen and oxygen atoms in total. The Balaban J connectivity index is 1.77. The normalized spacial score (nSPS) is 10.3. The van der Waals surface area contributed by atoms with Gasteiger partial charge in [-0.2, -0.15) is 0 Å². The zero-order valence-corrected chi connectivity index (χ0v) is 10.8. The third kappa shape index (κ3) is 4.10. The van der Waals surface area contributed by atoms with Crippen molar-refractivity contribution in [2.45, 2.75) is 0 Å². The first-order chi connectivity index (χ1) is 9.15. The molecule has 0 saturated heterocycles. The highest BCUT2D eigenvalue weighted by Crippen LogP contribution is 2.16. The molecule has 2 rings (SSSR count). The molecule has 0 aliphatic rings. The van der Waals surface area contributed by atoms with Crippen molar-refractivity contribution < 1.29 is 13.5 Å². The van der Waals surface area contributed by atoms with Crippen LogP contribution in [0.2, 0.25) is 5.02 Å². The van der Waals surface area contributed by atoms with Crippen LogP contribution in [0.3, 0.4) is 0 Å². The largest absolute Gasteiger partial charge is 0.492 e. The lowest BCUT2D eigenvalue weighted by molar-refractivity contribution is 0.329. The smallest absolute Gasteiger partial charge is 0.162 e. The Hall–Kier alpha value is -1.81. The van der Waals surface area contributed by atoms with Crippen LogP contribution in [0.15, 0.2) is 42.5 Å². The van der Waals surface area contributed by atoms with Crippen molar-refractivity contribution in [3.8, 4) is 5.75 Å². The number of rotatable bonds is 5. The number of halogens is 3. The second-order valence-corrected chi connectivity index (χ2v) is 4.29. The Labute approximate surface area is 115 Å². The van der Waals surface area contributed by atoms with Crippen molar-refractivity contribution in [1.82, 2.24) is 0 Å². The number of hydrogen-bond acceptors (Lipinski definition) is 2. The Morgan fingerprint density at radius 3 is 2.42 bits per heavy atom. The van der Waals surface area contributed by atoms with Gasteiger partial charge in [0.05, 0.1) is 0 Å². The van der Waals surface area contributed by atoms with Crippen molar-refractivity contribution in [1.29, 1.82) is 0 Å². The van der Waals surface area contributed by atoms with Crippen LogP contribution in [0.25, 0.3) is 0 Å². The summed E-state index contributed by atoms with van der Waals surface area (Å²) in [5.74, 6) is -1.49. The van der Waals surface area contributed by atoms with Crippen LogP contribution in [0.4, 0.5) is 14.5 Å². The van der Waals surface area contributed by atoms with Crippen LogP contribution < -0.4 is 10.1 Å². The van der Waals surface area contributed by atoms with Crippen molar-refractivity contribution in [3.05, 3.63) is 59.1 Å². The van der Waals surface area contributed by atoms with E-state index < -0.39 is 11.6 Å². The van der Waals surface area contributed by atoms with E-state index in [-0.39, 0.29) is 0 Å². The SMILES string of the molecule is Fc1ccc(OCCNc2ccc(Cl)cc2)cc1F. The molecule has 0 heterocycles. The standard InChI is InChI=1S/C14H12ClF2NO/c15-10-1-3-11(4-2-10)18-7-8-19-12-5-6-13(16)14(17)9-12/h1-6,9,18H,7-8H2. The third-order valence-electron chi connectivity index (χ3n) is 2.44. The zero-order valence-electron chi connectivity index (χ0n) is 10.00. The molecule has 0 fully saturated rings. The summed E-state index contributed by atoms with van der Waals surface area (Å²) in [6.07, 6.45) is 0. The van der Waals surface area contributed by atoms with Crippen molar-refractivity contribution in [2.24, 2.45) is 0 Å². The molecule has 0 aliphatic carbocycles. The van der Waals surface area contributed by atoms with Crippen LogP contribution in [-0.2, 0) is 0 Å². The Morgan fingerprint density at radius 1 is 1.00 bits per heavy atom. The fourth-order valence-electron chi connectivity index (χ4n) is 1.50.